The highest BCUT2D eigenvalue weighted by atomic mass is 35.5. The number of aromatic nitrogens is 2. The fraction of sp³-hybridized carbons (Fsp3) is 0.364. The van der Waals surface area contributed by atoms with Gasteiger partial charge >= 0.3 is 0 Å². The standard InChI is InChI=1S/C22H25ClN4O2/c1-3-26(4-2)11-5-10-24-21(28)15-6-8-18-19(13-15)25-27-20-9-7-17(23)12-16(20)14-29-22(18)27/h6-9,12-13H,3-5,10-11,14H2,1-2H3,(H,24,28). The van der Waals surface area contributed by atoms with E-state index in [1.807, 2.05) is 36.4 Å². The molecular weight excluding hydrogens is 388 g/mol. The number of hydrogen-bond acceptors (Lipinski definition) is 4. The fourth-order valence-electron chi connectivity index (χ4n) is 3.67. The van der Waals surface area contributed by atoms with E-state index in [0.29, 0.717) is 29.6 Å². The van der Waals surface area contributed by atoms with Gasteiger partial charge in [-0.05, 0) is 62.5 Å². The molecule has 4 rings (SSSR count). The van der Waals surface area contributed by atoms with Gasteiger partial charge in [0.15, 0.2) is 0 Å². The van der Waals surface area contributed by atoms with Crippen LogP contribution in [0.5, 0.6) is 5.88 Å². The van der Waals surface area contributed by atoms with Crippen molar-refractivity contribution in [3.8, 4) is 11.6 Å². The topological polar surface area (TPSA) is 59.4 Å². The quantitative estimate of drug-likeness (QED) is 0.595. The lowest BCUT2D eigenvalue weighted by Crippen LogP contribution is -2.29. The van der Waals surface area contributed by atoms with Crippen molar-refractivity contribution in [3.05, 3.63) is 52.5 Å². The van der Waals surface area contributed by atoms with Crippen molar-refractivity contribution < 1.29 is 9.53 Å². The molecule has 1 aliphatic rings. The number of carbonyl (C=O) groups is 1. The molecule has 0 saturated carbocycles. The lowest BCUT2D eigenvalue weighted by Gasteiger charge is -2.19. The van der Waals surface area contributed by atoms with Gasteiger partial charge in [-0.1, -0.05) is 25.4 Å². The van der Waals surface area contributed by atoms with Gasteiger partial charge in [-0.2, -0.15) is 9.78 Å². The van der Waals surface area contributed by atoms with E-state index in [0.717, 1.165) is 48.2 Å². The van der Waals surface area contributed by atoms with E-state index < -0.39 is 0 Å². The molecule has 0 bridgehead atoms. The van der Waals surface area contributed by atoms with Crippen LogP contribution >= 0.6 is 11.6 Å². The molecule has 1 aromatic heterocycles. The number of halogens is 1. The first-order valence-electron chi connectivity index (χ1n) is 10.1. The highest BCUT2D eigenvalue weighted by Crippen LogP contribution is 2.35. The first kappa shape index (κ1) is 19.7. The van der Waals surface area contributed by atoms with Gasteiger partial charge in [0, 0.05) is 22.7 Å². The third-order valence-electron chi connectivity index (χ3n) is 5.36. The van der Waals surface area contributed by atoms with Crippen molar-refractivity contribution in [3.63, 3.8) is 0 Å². The van der Waals surface area contributed by atoms with Crippen LogP contribution in [0.3, 0.4) is 0 Å². The van der Waals surface area contributed by atoms with E-state index >= 15 is 0 Å². The van der Waals surface area contributed by atoms with Gasteiger partial charge < -0.3 is 15.0 Å². The Morgan fingerprint density at radius 3 is 2.86 bits per heavy atom. The second kappa shape index (κ2) is 8.43. The predicted octanol–water partition coefficient (Wildman–Crippen LogP) is 4.03. The Morgan fingerprint density at radius 1 is 1.24 bits per heavy atom. The molecule has 2 aromatic carbocycles. The molecule has 29 heavy (non-hydrogen) atoms. The first-order valence-corrected chi connectivity index (χ1v) is 10.4. The summed E-state index contributed by atoms with van der Waals surface area (Å²) in [6, 6.07) is 11.2. The number of hydrogen-bond donors (Lipinski definition) is 1. The van der Waals surface area contributed by atoms with Crippen molar-refractivity contribution in [1.29, 1.82) is 0 Å². The van der Waals surface area contributed by atoms with Crippen LogP contribution in [0.25, 0.3) is 16.6 Å². The lowest BCUT2D eigenvalue weighted by molar-refractivity contribution is 0.0952. The molecule has 6 nitrogen and oxygen atoms in total. The molecular formula is C22H25ClN4O2. The van der Waals surface area contributed by atoms with Crippen LogP contribution in [0.1, 0.15) is 36.2 Å². The van der Waals surface area contributed by atoms with Gasteiger partial charge in [0.25, 0.3) is 5.91 Å². The van der Waals surface area contributed by atoms with Crippen molar-refractivity contribution in [2.75, 3.05) is 26.2 Å². The van der Waals surface area contributed by atoms with Gasteiger partial charge in [0.2, 0.25) is 5.88 Å². The second-order valence-electron chi connectivity index (χ2n) is 7.15. The summed E-state index contributed by atoms with van der Waals surface area (Å²) in [6.07, 6.45) is 0.932. The molecule has 0 spiro atoms. The minimum absolute atomic E-state index is 0.0782. The number of amides is 1. The van der Waals surface area contributed by atoms with E-state index in [-0.39, 0.29) is 5.91 Å². The largest absolute Gasteiger partial charge is 0.472 e. The minimum atomic E-state index is -0.0782. The summed E-state index contributed by atoms with van der Waals surface area (Å²) in [7, 11) is 0. The zero-order chi connectivity index (χ0) is 20.4. The first-order chi connectivity index (χ1) is 14.1. The Balaban J connectivity index is 1.51. The number of nitrogens with zero attached hydrogens (tertiary/aromatic N) is 3. The Labute approximate surface area is 175 Å². The highest BCUT2D eigenvalue weighted by Gasteiger charge is 2.22. The molecule has 0 atom stereocenters. The Kier molecular flexibility index (Phi) is 5.74. The summed E-state index contributed by atoms with van der Waals surface area (Å²) >= 11 is 6.09. The van der Waals surface area contributed by atoms with E-state index in [1.165, 1.54) is 0 Å². The highest BCUT2D eigenvalue weighted by molar-refractivity contribution is 6.30. The van der Waals surface area contributed by atoms with E-state index in [2.05, 4.69) is 29.2 Å². The van der Waals surface area contributed by atoms with Crippen LogP contribution in [0, 0.1) is 0 Å². The SMILES string of the molecule is CCN(CC)CCCNC(=O)c1ccc2c3n(nc2c1)-c1ccc(Cl)cc1CO3. The van der Waals surface area contributed by atoms with Crippen LogP contribution in [0.2, 0.25) is 5.02 Å². The van der Waals surface area contributed by atoms with Gasteiger partial charge in [0.1, 0.15) is 6.61 Å². The molecule has 0 aliphatic carbocycles. The minimum Gasteiger partial charge on any atom is -0.472 e. The molecule has 1 N–H and O–H groups in total. The van der Waals surface area contributed by atoms with Crippen molar-refractivity contribution in [2.45, 2.75) is 26.9 Å². The van der Waals surface area contributed by atoms with E-state index in [1.54, 1.807) is 4.68 Å². The predicted molar refractivity (Wildman–Crippen MR) is 115 cm³/mol. The normalized spacial score (nSPS) is 12.6. The maximum atomic E-state index is 12.5. The van der Waals surface area contributed by atoms with Gasteiger partial charge in [-0.3, -0.25) is 4.79 Å². The van der Waals surface area contributed by atoms with E-state index in [4.69, 9.17) is 16.3 Å². The average Bonchev–Trinajstić information content (AvgIpc) is 3.11. The number of nitrogens with one attached hydrogen (secondary N) is 1. The molecule has 0 unspecified atom stereocenters. The summed E-state index contributed by atoms with van der Waals surface area (Å²) in [6.45, 7) is 8.46. The lowest BCUT2D eigenvalue weighted by atomic mass is 10.1. The molecule has 2 heterocycles. The van der Waals surface area contributed by atoms with Crippen molar-refractivity contribution >= 4 is 28.4 Å². The smallest absolute Gasteiger partial charge is 0.251 e. The van der Waals surface area contributed by atoms with Crippen LogP contribution in [-0.4, -0.2) is 46.8 Å². The molecule has 1 amide bonds. The van der Waals surface area contributed by atoms with Gasteiger partial charge in [-0.15, -0.1) is 0 Å². The Hall–Kier alpha value is -2.57. The number of ether oxygens (including phenoxy) is 1. The monoisotopic (exact) mass is 412 g/mol. The molecule has 0 fully saturated rings. The molecule has 0 saturated heterocycles. The van der Waals surface area contributed by atoms with Crippen molar-refractivity contribution in [1.82, 2.24) is 20.0 Å². The van der Waals surface area contributed by atoms with Crippen LogP contribution in [0.15, 0.2) is 36.4 Å². The maximum absolute atomic E-state index is 12.5. The summed E-state index contributed by atoms with van der Waals surface area (Å²) in [5.74, 6) is 0.617. The Morgan fingerprint density at radius 2 is 2.07 bits per heavy atom. The van der Waals surface area contributed by atoms with Gasteiger partial charge in [-0.25, -0.2) is 0 Å². The number of benzene rings is 2. The van der Waals surface area contributed by atoms with Crippen LogP contribution in [-0.2, 0) is 6.61 Å². The molecule has 7 heteroatoms. The van der Waals surface area contributed by atoms with Gasteiger partial charge in [0.05, 0.1) is 16.6 Å². The third-order valence-corrected chi connectivity index (χ3v) is 5.59. The van der Waals surface area contributed by atoms with Crippen LogP contribution < -0.4 is 10.1 Å². The van der Waals surface area contributed by atoms with E-state index in [9.17, 15) is 4.79 Å². The summed E-state index contributed by atoms with van der Waals surface area (Å²) in [4.78, 5) is 14.9. The summed E-state index contributed by atoms with van der Waals surface area (Å²) < 4.78 is 7.70. The number of fused-ring (bicyclic) bond motifs is 5. The number of carbonyl (C=O) groups excluding carboxylic acids is 1. The average molecular weight is 413 g/mol. The number of rotatable bonds is 7. The maximum Gasteiger partial charge on any atom is 0.251 e. The fourth-order valence-corrected chi connectivity index (χ4v) is 3.87. The molecule has 152 valence electrons. The summed E-state index contributed by atoms with van der Waals surface area (Å²) in [5.41, 5.74) is 3.28. The van der Waals surface area contributed by atoms with Crippen molar-refractivity contribution in [2.24, 2.45) is 0 Å². The third kappa shape index (κ3) is 3.95. The summed E-state index contributed by atoms with van der Waals surface area (Å²) in [5, 5.41) is 9.24. The molecule has 3 aromatic rings. The molecule has 0 radical (unpaired) electrons. The molecule has 1 aliphatic heterocycles. The second-order valence-corrected chi connectivity index (χ2v) is 7.58. The zero-order valence-corrected chi connectivity index (χ0v) is 17.5. The van der Waals surface area contributed by atoms with Crippen LogP contribution in [0.4, 0.5) is 0 Å². The Bertz CT molecular complexity index is 1040. The zero-order valence-electron chi connectivity index (χ0n) is 16.7.